The van der Waals surface area contributed by atoms with Crippen molar-refractivity contribution in [3.63, 3.8) is 0 Å². The van der Waals surface area contributed by atoms with E-state index in [1.165, 1.54) is 6.33 Å². The van der Waals surface area contributed by atoms with Gasteiger partial charge in [-0.25, -0.2) is 4.98 Å². The zero-order valence-electron chi connectivity index (χ0n) is 6.55. The monoisotopic (exact) mass is 124 g/mol. The number of nitrogens with one attached hydrogen (secondary N) is 2. The van der Waals surface area contributed by atoms with E-state index in [9.17, 15) is 0 Å². The Balaban J connectivity index is 2.50. The molecule has 1 aromatic heterocycles. The predicted octanol–water partition coefficient (Wildman–Crippen LogP) is 0.212. The molecule has 1 unspecified atom stereocenters. The van der Waals surface area contributed by atoms with Crippen molar-refractivity contribution in [3.8, 4) is 0 Å². The van der Waals surface area contributed by atoms with Gasteiger partial charge in [-0.1, -0.05) is 0 Å². The van der Waals surface area contributed by atoms with Crippen LogP contribution in [0.1, 0.15) is 8.44 Å². The van der Waals surface area contributed by atoms with Gasteiger partial charge in [-0.3, -0.25) is 4.99 Å². The maximum atomic E-state index is 7.32. The molecule has 4 heteroatoms. The molecule has 0 spiro atoms. The lowest BCUT2D eigenvalue weighted by Crippen LogP contribution is -2.06. The normalized spacial score (nSPS) is 27.1. The molecule has 1 atom stereocenters. The van der Waals surface area contributed by atoms with Crippen molar-refractivity contribution in [2.45, 2.75) is 0 Å². The molecule has 2 rings (SSSR count). The van der Waals surface area contributed by atoms with Gasteiger partial charge in [0.1, 0.15) is 12.3 Å². The second-order valence-corrected chi connectivity index (χ2v) is 1.64. The lowest BCUT2D eigenvalue weighted by molar-refractivity contribution is 1.10. The topological polar surface area (TPSA) is 53.1 Å². The third kappa shape index (κ3) is 0.595. The lowest BCUT2D eigenvalue weighted by atomic mass is 10.4. The molecular formula is C5H6N4. The third-order valence-corrected chi connectivity index (χ3v) is 1.08. The molecule has 0 saturated carbocycles. The Morgan fingerprint density at radius 3 is 3.89 bits per heavy atom. The number of hydrogen-bond acceptors (Lipinski definition) is 3. The number of fused-ring (bicyclic) bond motifs is 1. The predicted molar refractivity (Wildman–Crippen MR) is 34.7 cm³/mol. The molecule has 4 nitrogen and oxygen atoms in total. The smallest absolute Gasteiger partial charge is 0.154 e. The summed E-state index contributed by atoms with van der Waals surface area (Å²) in [5, 5.41) is 2.69. The molecule has 2 heterocycles. The zero-order chi connectivity index (χ0) is 7.84. The van der Waals surface area contributed by atoms with Crippen molar-refractivity contribution in [1.82, 2.24) is 9.97 Å². The van der Waals surface area contributed by atoms with Gasteiger partial charge in [0.05, 0.1) is 15.3 Å². The van der Waals surface area contributed by atoms with Gasteiger partial charge in [-0.15, -0.1) is 0 Å². The van der Waals surface area contributed by atoms with Crippen LogP contribution in [0.5, 0.6) is 0 Å². The van der Waals surface area contributed by atoms with Crippen molar-refractivity contribution >= 4 is 12.0 Å². The van der Waals surface area contributed by atoms with Crippen LogP contribution in [-0.2, 0) is 0 Å². The summed E-state index contributed by atoms with van der Waals surface area (Å²) in [7, 11) is 0. The summed E-state index contributed by atoms with van der Waals surface area (Å²) < 4.78 is 14.5. The number of nitrogens with zero attached hydrogens (tertiary/aromatic N) is 2. The largest absolute Gasteiger partial charge is 0.349 e. The van der Waals surface area contributed by atoms with Crippen LogP contribution < -0.4 is 5.32 Å². The van der Waals surface area contributed by atoms with E-state index in [0.29, 0.717) is 11.5 Å². The standard InChI is InChI=1S/C5H6N4/c1-4-5(8-2-6-1)9-3-7-4/h1,3,8H,2H2,(H,7,9)/i1D,2D. The van der Waals surface area contributed by atoms with Gasteiger partial charge < -0.3 is 10.3 Å². The maximum Gasteiger partial charge on any atom is 0.154 e. The SMILES string of the molecule is [2H]C1=NC([2H])Nc2nc[nH]c21. The molecule has 0 amide bonds. The molecule has 9 heavy (non-hydrogen) atoms. The number of rotatable bonds is 0. The van der Waals surface area contributed by atoms with E-state index in [2.05, 4.69) is 20.3 Å². The zero-order valence-corrected chi connectivity index (χ0v) is 4.55. The van der Waals surface area contributed by atoms with Crippen LogP contribution in [0.4, 0.5) is 5.82 Å². The van der Waals surface area contributed by atoms with Crippen molar-refractivity contribution in [1.29, 1.82) is 0 Å². The van der Waals surface area contributed by atoms with Crippen molar-refractivity contribution in [2.75, 3.05) is 12.0 Å². The van der Waals surface area contributed by atoms with E-state index >= 15 is 0 Å². The fraction of sp³-hybridized carbons (Fsp3) is 0.200. The minimum atomic E-state index is -0.793. The quantitative estimate of drug-likeness (QED) is 0.519. The van der Waals surface area contributed by atoms with E-state index in [0.717, 1.165) is 0 Å². The molecule has 1 aliphatic heterocycles. The van der Waals surface area contributed by atoms with Crippen LogP contribution in [0.2, 0.25) is 0 Å². The third-order valence-electron chi connectivity index (χ3n) is 1.08. The fourth-order valence-corrected chi connectivity index (χ4v) is 0.679. The first-order valence-electron chi connectivity index (χ1n) is 3.62. The number of aromatic nitrogens is 2. The Morgan fingerprint density at radius 1 is 1.89 bits per heavy atom. The first-order valence-corrected chi connectivity index (χ1v) is 2.54. The molecule has 0 bridgehead atoms. The minimum Gasteiger partial charge on any atom is -0.349 e. The first-order chi connectivity index (χ1) is 5.27. The summed E-state index contributed by atoms with van der Waals surface area (Å²) in [4.78, 5) is 10.3. The number of anilines is 1. The molecule has 46 valence electrons. The van der Waals surface area contributed by atoms with E-state index < -0.39 is 6.64 Å². The number of imidazole rings is 1. The van der Waals surface area contributed by atoms with E-state index in [1.807, 2.05) is 0 Å². The Bertz CT molecular complexity index is 305. The molecular weight excluding hydrogens is 116 g/mol. The van der Waals surface area contributed by atoms with Crippen molar-refractivity contribution in [2.24, 2.45) is 4.99 Å². The highest BCUT2D eigenvalue weighted by atomic mass is 15.1. The summed E-state index contributed by atoms with van der Waals surface area (Å²) >= 11 is 0. The van der Waals surface area contributed by atoms with Gasteiger partial charge in [0.15, 0.2) is 5.82 Å². The van der Waals surface area contributed by atoms with E-state index in [-0.39, 0.29) is 6.19 Å². The molecule has 0 aliphatic carbocycles. The fourth-order valence-electron chi connectivity index (χ4n) is 0.679. The minimum absolute atomic E-state index is 0.0799. The first kappa shape index (κ1) is 3.00. The van der Waals surface area contributed by atoms with E-state index in [1.54, 1.807) is 0 Å². The van der Waals surface area contributed by atoms with Gasteiger partial charge in [-0.2, -0.15) is 0 Å². The summed E-state index contributed by atoms with van der Waals surface area (Å²) in [5.74, 6) is 0.532. The molecule has 2 N–H and O–H groups in total. The molecule has 0 radical (unpaired) electrons. The number of hydrogen-bond donors (Lipinski definition) is 2. The Hall–Kier alpha value is -1.32. The average molecular weight is 124 g/mol. The number of aliphatic imine (C=N–C) groups is 1. The lowest BCUT2D eigenvalue weighted by Gasteiger charge is -2.03. The van der Waals surface area contributed by atoms with Gasteiger partial charge >= 0.3 is 0 Å². The van der Waals surface area contributed by atoms with Gasteiger partial charge in [0.25, 0.3) is 0 Å². The Morgan fingerprint density at radius 2 is 2.89 bits per heavy atom. The molecule has 1 aromatic rings. The molecule has 0 fully saturated rings. The van der Waals surface area contributed by atoms with Gasteiger partial charge in [0.2, 0.25) is 0 Å². The molecule has 0 saturated heterocycles. The molecule has 0 aromatic carbocycles. The average Bonchev–Trinajstić information content (AvgIpc) is 2.34. The second kappa shape index (κ2) is 1.58. The summed E-state index contributed by atoms with van der Waals surface area (Å²) in [6.45, 7) is -0.793. The van der Waals surface area contributed by atoms with Crippen molar-refractivity contribution < 1.29 is 2.74 Å². The van der Waals surface area contributed by atoms with E-state index in [4.69, 9.17) is 2.74 Å². The number of H-pyrrole nitrogens is 1. The second-order valence-electron chi connectivity index (χ2n) is 1.64. The van der Waals surface area contributed by atoms with Gasteiger partial charge in [-0.05, 0) is 0 Å². The Labute approximate surface area is 54.8 Å². The van der Waals surface area contributed by atoms with Gasteiger partial charge in [0, 0.05) is 0 Å². The van der Waals surface area contributed by atoms with Crippen LogP contribution >= 0.6 is 0 Å². The summed E-state index contributed by atoms with van der Waals surface area (Å²) in [6, 6.07) is 0. The van der Waals surface area contributed by atoms with Crippen LogP contribution in [0.15, 0.2) is 11.3 Å². The Kier molecular flexibility index (Phi) is 0.527. The number of aromatic amines is 1. The van der Waals surface area contributed by atoms with Crippen molar-refractivity contribution in [3.05, 3.63) is 12.0 Å². The maximum absolute atomic E-state index is 7.32. The highest BCUT2D eigenvalue weighted by molar-refractivity contribution is 5.85. The molecule has 1 aliphatic rings. The van der Waals surface area contributed by atoms with Crippen LogP contribution in [0.3, 0.4) is 0 Å². The van der Waals surface area contributed by atoms with Crippen LogP contribution in [-0.4, -0.2) is 22.8 Å². The van der Waals surface area contributed by atoms with Crippen LogP contribution in [0, 0.1) is 0 Å². The summed E-state index contributed by atoms with van der Waals surface area (Å²) in [6.07, 6.45) is 1.55. The summed E-state index contributed by atoms with van der Waals surface area (Å²) in [5.41, 5.74) is 0.550. The van der Waals surface area contributed by atoms with Crippen LogP contribution in [0.25, 0.3) is 0 Å². The highest BCUT2D eigenvalue weighted by Gasteiger charge is 2.03. The highest BCUT2D eigenvalue weighted by Crippen LogP contribution is 2.08.